The SMILES string of the molecule is NC(=O)[C@H](Cc1c[nH]c2ccccc12)NC(=O)[C@H](CCCN=C(N)N)NC(=O)[C@H](Cc1ccccc1)NC(=O)[C@H](Cc1ccc(Cl)cc1)NC(=O)c1ccccn1. The lowest BCUT2D eigenvalue weighted by Gasteiger charge is -2.26. The molecule has 2 heterocycles. The van der Waals surface area contributed by atoms with Crippen molar-refractivity contribution in [1.82, 2.24) is 31.2 Å². The molecule has 5 amide bonds. The fourth-order valence-electron chi connectivity index (χ4n) is 6.19. The number of halogens is 1. The fourth-order valence-corrected chi connectivity index (χ4v) is 6.31. The van der Waals surface area contributed by atoms with E-state index in [1.807, 2.05) is 30.3 Å². The third-order valence-corrected chi connectivity index (χ3v) is 9.38. The number of benzene rings is 3. The van der Waals surface area contributed by atoms with E-state index in [0.717, 1.165) is 16.5 Å². The topological polar surface area (TPSA) is 253 Å². The lowest BCUT2D eigenvalue weighted by atomic mass is 10.0. The van der Waals surface area contributed by atoms with Gasteiger partial charge in [0.05, 0.1) is 0 Å². The van der Waals surface area contributed by atoms with Crippen LogP contribution in [0.5, 0.6) is 0 Å². The van der Waals surface area contributed by atoms with Crippen LogP contribution < -0.4 is 38.5 Å². The number of nitrogens with one attached hydrogen (secondary N) is 5. The first kappa shape index (κ1) is 41.4. The molecule has 0 aliphatic heterocycles. The second kappa shape index (κ2) is 20.3. The molecule has 0 spiro atoms. The molecule has 0 saturated carbocycles. The lowest BCUT2D eigenvalue weighted by Crippen LogP contribution is -2.59. The number of aliphatic imine (C=N–C) groups is 1. The quantitative estimate of drug-likeness (QED) is 0.0348. The van der Waals surface area contributed by atoms with E-state index in [0.29, 0.717) is 16.1 Å². The number of nitrogens with zero attached hydrogens (tertiary/aromatic N) is 2. The van der Waals surface area contributed by atoms with Crippen LogP contribution in [0.4, 0.5) is 0 Å². The average Bonchev–Trinajstić information content (AvgIpc) is 3.62. The highest BCUT2D eigenvalue weighted by Gasteiger charge is 2.32. The summed E-state index contributed by atoms with van der Waals surface area (Å²) in [5.41, 5.74) is 19.9. The summed E-state index contributed by atoms with van der Waals surface area (Å²) in [6.45, 7) is 0.156. The minimum absolute atomic E-state index is 0.0348. The molecule has 0 aliphatic carbocycles. The lowest BCUT2D eigenvalue weighted by molar-refractivity contribution is -0.133. The Morgan fingerprint density at radius 1 is 0.667 bits per heavy atom. The molecule has 0 saturated heterocycles. The first-order valence-corrected chi connectivity index (χ1v) is 18.7. The highest BCUT2D eigenvalue weighted by Crippen LogP contribution is 2.19. The van der Waals surface area contributed by atoms with E-state index in [1.54, 1.807) is 66.9 Å². The van der Waals surface area contributed by atoms with Crippen LogP contribution in [0, 0.1) is 0 Å². The Balaban J connectivity index is 1.38. The van der Waals surface area contributed by atoms with Gasteiger partial charge in [0.2, 0.25) is 23.6 Å². The van der Waals surface area contributed by atoms with E-state index >= 15 is 0 Å². The summed E-state index contributed by atoms with van der Waals surface area (Å²) in [5, 5.41) is 12.4. The van der Waals surface area contributed by atoms with E-state index in [-0.39, 0.29) is 50.3 Å². The molecule has 3 aromatic carbocycles. The standard InChI is InChI=1S/C41H45ClN10O5/c42-28-17-15-26(16-18-28)22-35(51-37(54)31-13-6-7-19-46-31)40(57)52-34(21-25-9-2-1-3-10-25)39(56)49-32(14-8-20-47-41(44)45)38(55)50-33(36(43)53)23-27-24-48-30-12-5-4-11-29(27)30/h1-7,9-13,15-19,24,32-35,48H,8,14,20-23H2,(H2,43,53)(H,49,56)(H,50,55)(H,51,54)(H,52,57)(H4,44,45,47)/t32-,33-,34-,35-/m0/s1. The number of para-hydroxylation sites is 1. The number of carbonyl (C=O) groups excluding carboxylic acids is 5. The van der Waals surface area contributed by atoms with E-state index in [4.69, 9.17) is 28.8 Å². The second-order valence-corrected chi connectivity index (χ2v) is 13.8. The minimum atomic E-state index is -1.22. The number of hydrogen-bond donors (Lipinski definition) is 8. The molecule has 2 aromatic heterocycles. The summed E-state index contributed by atoms with van der Waals surface area (Å²) in [5.74, 6) is -3.53. The third-order valence-electron chi connectivity index (χ3n) is 9.13. The van der Waals surface area contributed by atoms with Crippen molar-refractivity contribution < 1.29 is 24.0 Å². The van der Waals surface area contributed by atoms with Crippen LogP contribution in [-0.2, 0) is 38.4 Å². The Labute approximate surface area is 334 Å². The van der Waals surface area contributed by atoms with Gasteiger partial charge in [-0.15, -0.1) is 0 Å². The van der Waals surface area contributed by atoms with Gasteiger partial charge in [0.25, 0.3) is 5.91 Å². The van der Waals surface area contributed by atoms with E-state index < -0.39 is 53.7 Å². The summed E-state index contributed by atoms with van der Waals surface area (Å²) < 4.78 is 0. The highest BCUT2D eigenvalue weighted by molar-refractivity contribution is 6.30. The van der Waals surface area contributed by atoms with Crippen LogP contribution in [0.15, 0.2) is 114 Å². The Morgan fingerprint density at radius 3 is 1.93 bits per heavy atom. The van der Waals surface area contributed by atoms with Gasteiger partial charge in [0.1, 0.15) is 29.9 Å². The monoisotopic (exact) mass is 792 g/mol. The smallest absolute Gasteiger partial charge is 0.270 e. The third kappa shape index (κ3) is 12.4. The summed E-state index contributed by atoms with van der Waals surface area (Å²) in [4.78, 5) is 79.4. The van der Waals surface area contributed by atoms with Crippen LogP contribution in [0.1, 0.15) is 40.0 Å². The average molecular weight is 793 g/mol. The maximum absolute atomic E-state index is 14.2. The zero-order chi connectivity index (χ0) is 40.7. The second-order valence-electron chi connectivity index (χ2n) is 13.4. The molecule has 0 unspecified atom stereocenters. The van der Waals surface area contributed by atoms with Crippen LogP contribution in [-0.4, -0.2) is 76.2 Å². The number of amides is 5. The Hall–Kier alpha value is -6.74. The molecule has 15 nitrogen and oxygen atoms in total. The van der Waals surface area contributed by atoms with Gasteiger partial charge >= 0.3 is 0 Å². The van der Waals surface area contributed by atoms with E-state index in [2.05, 4.69) is 36.2 Å². The minimum Gasteiger partial charge on any atom is -0.370 e. The van der Waals surface area contributed by atoms with Crippen molar-refractivity contribution >= 4 is 58.0 Å². The maximum Gasteiger partial charge on any atom is 0.270 e. The van der Waals surface area contributed by atoms with Gasteiger partial charge in [-0.2, -0.15) is 0 Å². The molecule has 0 fully saturated rings. The van der Waals surface area contributed by atoms with Gasteiger partial charge in [0, 0.05) is 54.1 Å². The Kier molecular flexibility index (Phi) is 14.7. The number of hydrogen-bond acceptors (Lipinski definition) is 7. The Morgan fingerprint density at radius 2 is 1.26 bits per heavy atom. The number of carbonyl (C=O) groups is 5. The molecule has 5 aromatic rings. The molecular formula is C41H45ClN10O5. The molecule has 5 rings (SSSR count). The Bertz CT molecular complexity index is 2180. The van der Waals surface area contributed by atoms with Gasteiger partial charge in [0.15, 0.2) is 5.96 Å². The van der Waals surface area contributed by atoms with Crippen molar-refractivity contribution in [2.45, 2.75) is 56.3 Å². The molecule has 0 aliphatic rings. The molecule has 11 N–H and O–H groups in total. The fraction of sp³-hybridized carbons (Fsp3) is 0.244. The van der Waals surface area contributed by atoms with Crippen LogP contribution in [0.25, 0.3) is 10.9 Å². The van der Waals surface area contributed by atoms with Gasteiger partial charge in [-0.05, 0) is 59.9 Å². The van der Waals surface area contributed by atoms with Crippen LogP contribution in [0.2, 0.25) is 5.02 Å². The predicted molar refractivity (Wildman–Crippen MR) is 218 cm³/mol. The zero-order valence-electron chi connectivity index (χ0n) is 31.0. The van der Waals surface area contributed by atoms with Crippen molar-refractivity contribution in [1.29, 1.82) is 0 Å². The normalized spacial score (nSPS) is 13.0. The van der Waals surface area contributed by atoms with E-state index in [1.165, 1.54) is 12.3 Å². The number of H-pyrrole nitrogens is 1. The number of nitrogens with two attached hydrogens (primary N) is 3. The highest BCUT2D eigenvalue weighted by atomic mass is 35.5. The molecular weight excluding hydrogens is 748 g/mol. The van der Waals surface area contributed by atoms with Crippen molar-refractivity contribution in [2.24, 2.45) is 22.2 Å². The van der Waals surface area contributed by atoms with Gasteiger partial charge in [-0.3, -0.25) is 33.9 Å². The van der Waals surface area contributed by atoms with Gasteiger partial charge < -0.3 is 43.5 Å². The van der Waals surface area contributed by atoms with Crippen molar-refractivity contribution in [3.05, 3.63) is 137 Å². The number of aromatic nitrogens is 2. The largest absolute Gasteiger partial charge is 0.370 e. The van der Waals surface area contributed by atoms with Crippen molar-refractivity contribution in [3.63, 3.8) is 0 Å². The summed E-state index contributed by atoms with van der Waals surface area (Å²) in [7, 11) is 0. The van der Waals surface area contributed by atoms with Crippen LogP contribution in [0.3, 0.4) is 0 Å². The predicted octanol–water partition coefficient (Wildman–Crippen LogP) is 2.04. The number of primary amides is 1. The first-order chi connectivity index (χ1) is 27.5. The van der Waals surface area contributed by atoms with Crippen molar-refractivity contribution in [2.75, 3.05) is 6.54 Å². The van der Waals surface area contributed by atoms with Gasteiger partial charge in [-0.25, -0.2) is 0 Å². The summed E-state index contributed by atoms with van der Waals surface area (Å²) >= 11 is 6.10. The first-order valence-electron chi connectivity index (χ1n) is 18.3. The summed E-state index contributed by atoms with van der Waals surface area (Å²) in [6, 6.07) is 23.4. The summed E-state index contributed by atoms with van der Waals surface area (Å²) in [6.07, 6.45) is 3.73. The number of guanidine groups is 1. The molecule has 0 radical (unpaired) electrons. The van der Waals surface area contributed by atoms with Crippen LogP contribution >= 0.6 is 11.6 Å². The van der Waals surface area contributed by atoms with Crippen molar-refractivity contribution in [3.8, 4) is 0 Å². The van der Waals surface area contributed by atoms with Gasteiger partial charge in [-0.1, -0.05) is 78.3 Å². The number of fused-ring (bicyclic) bond motifs is 1. The van der Waals surface area contributed by atoms with E-state index in [9.17, 15) is 24.0 Å². The zero-order valence-corrected chi connectivity index (χ0v) is 31.7. The molecule has 296 valence electrons. The molecule has 0 bridgehead atoms. The molecule has 4 atom stereocenters. The number of rotatable bonds is 19. The number of pyridine rings is 1. The maximum atomic E-state index is 14.2. The molecule has 57 heavy (non-hydrogen) atoms. The molecule has 16 heteroatoms. The number of aromatic amines is 1.